The second-order valence-electron chi connectivity index (χ2n) is 3.48. The Kier molecular flexibility index (Phi) is 2.41. The molecule has 1 heterocycles. The van der Waals surface area contributed by atoms with E-state index >= 15 is 0 Å². The lowest BCUT2D eigenvalue weighted by molar-refractivity contribution is -0.128. The first-order chi connectivity index (χ1) is 6.34. The third-order valence-electron chi connectivity index (χ3n) is 2.36. The maximum absolute atomic E-state index is 10.7. The summed E-state index contributed by atoms with van der Waals surface area (Å²) >= 11 is 0. The third kappa shape index (κ3) is 2.16. The number of carbonyl (C=O) groups excluding carboxylic acids is 1. The molecule has 1 aliphatic rings. The zero-order valence-electron chi connectivity index (χ0n) is 7.57. The minimum Gasteiger partial charge on any atom is -0.297 e. The minimum atomic E-state index is 0.369. The standard InChI is InChI=1S/C11H13NO/c13-11-8-12(9-11)7-6-10-4-2-1-3-5-10/h1-5H,6-9H2. The van der Waals surface area contributed by atoms with Crippen LogP contribution in [0, 0.1) is 0 Å². The van der Waals surface area contributed by atoms with Gasteiger partial charge < -0.3 is 0 Å². The van der Waals surface area contributed by atoms with E-state index in [0.717, 1.165) is 13.0 Å². The van der Waals surface area contributed by atoms with E-state index in [-0.39, 0.29) is 0 Å². The Labute approximate surface area is 78.2 Å². The van der Waals surface area contributed by atoms with Crippen molar-refractivity contribution in [3.05, 3.63) is 35.9 Å². The minimum absolute atomic E-state index is 0.369. The van der Waals surface area contributed by atoms with Gasteiger partial charge in [-0.15, -0.1) is 0 Å². The van der Waals surface area contributed by atoms with E-state index in [9.17, 15) is 4.79 Å². The molecule has 2 heteroatoms. The highest BCUT2D eigenvalue weighted by Crippen LogP contribution is 2.05. The van der Waals surface area contributed by atoms with Gasteiger partial charge in [-0.1, -0.05) is 30.3 Å². The Bertz CT molecular complexity index is 286. The largest absolute Gasteiger partial charge is 0.297 e. The normalized spacial score (nSPS) is 17.1. The summed E-state index contributed by atoms with van der Waals surface area (Å²) in [7, 11) is 0. The summed E-state index contributed by atoms with van der Waals surface area (Å²) in [5.41, 5.74) is 1.35. The van der Waals surface area contributed by atoms with Crippen LogP contribution in [-0.4, -0.2) is 30.3 Å². The van der Waals surface area contributed by atoms with Crippen LogP contribution in [0.4, 0.5) is 0 Å². The molecule has 1 aliphatic heterocycles. The van der Waals surface area contributed by atoms with Gasteiger partial charge >= 0.3 is 0 Å². The fourth-order valence-electron chi connectivity index (χ4n) is 1.54. The van der Waals surface area contributed by atoms with Crippen molar-refractivity contribution in [2.24, 2.45) is 0 Å². The van der Waals surface area contributed by atoms with Gasteiger partial charge in [0, 0.05) is 6.54 Å². The highest BCUT2D eigenvalue weighted by molar-refractivity contribution is 5.87. The average Bonchev–Trinajstić information content (AvgIpc) is 2.12. The number of hydrogen-bond acceptors (Lipinski definition) is 2. The van der Waals surface area contributed by atoms with Crippen molar-refractivity contribution in [2.45, 2.75) is 6.42 Å². The smallest absolute Gasteiger partial charge is 0.160 e. The summed E-state index contributed by atoms with van der Waals surface area (Å²) < 4.78 is 0. The molecule has 0 radical (unpaired) electrons. The number of rotatable bonds is 3. The molecule has 2 nitrogen and oxygen atoms in total. The van der Waals surface area contributed by atoms with Crippen molar-refractivity contribution < 1.29 is 4.79 Å². The van der Waals surface area contributed by atoms with Crippen LogP contribution in [0.25, 0.3) is 0 Å². The second-order valence-corrected chi connectivity index (χ2v) is 3.48. The van der Waals surface area contributed by atoms with E-state index in [1.54, 1.807) is 0 Å². The first-order valence-electron chi connectivity index (χ1n) is 4.62. The first-order valence-corrected chi connectivity index (χ1v) is 4.62. The lowest BCUT2D eigenvalue weighted by atomic mass is 10.1. The number of carbonyl (C=O) groups is 1. The molecule has 1 aromatic rings. The summed E-state index contributed by atoms with van der Waals surface area (Å²) in [5.74, 6) is 0.369. The van der Waals surface area contributed by atoms with Crippen LogP contribution in [0.15, 0.2) is 30.3 Å². The second kappa shape index (κ2) is 3.71. The fraction of sp³-hybridized carbons (Fsp3) is 0.364. The van der Waals surface area contributed by atoms with Crippen LogP contribution in [-0.2, 0) is 11.2 Å². The van der Waals surface area contributed by atoms with Gasteiger partial charge in [-0.2, -0.15) is 0 Å². The number of hydrogen-bond donors (Lipinski definition) is 0. The zero-order chi connectivity index (χ0) is 9.10. The Hall–Kier alpha value is -1.15. The van der Waals surface area contributed by atoms with E-state index < -0.39 is 0 Å². The molecular weight excluding hydrogens is 162 g/mol. The Morgan fingerprint density at radius 1 is 1.15 bits per heavy atom. The summed E-state index contributed by atoms with van der Waals surface area (Å²) in [5, 5.41) is 0. The van der Waals surface area contributed by atoms with E-state index in [4.69, 9.17) is 0 Å². The molecule has 68 valence electrons. The van der Waals surface area contributed by atoms with Gasteiger partial charge in [0.1, 0.15) is 0 Å². The van der Waals surface area contributed by atoms with E-state index in [1.807, 2.05) is 6.07 Å². The van der Waals surface area contributed by atoms with Crippen molar-refractivity contribution in [2.75, 3.05) is 19.6 Å². The van der Waals surface area contributed by atoms with Crippen LogP contribution in [0.3, 0.4) is 0 Å². The summed E-state index contributed by atoms with van der Waals surface area (Å²) in [6.45, 7) is 2.33. The monoisotopic (exact) mass is 175 g/mol. The first kappa shape index (κ1) is 8.45. The SMILES string of the molecule is O=C1CN(CCc2ccccc2)C1. The predicted molar refractivity (Wildman–Crippen MR) is 51.6 cm³/mol. The van der Waals surface area contributed by atoms with Crippen molar-refractivity contribution in [3.63, 3.8) is 0 Å². The van der Waals surface area contributed by atoms with E-state index in [0.29, 0.717) is 18.9 Å². The topological polar surface area (TPSA) is 20.3 Å². The van der Waals surface area contributed by atoms with Gasteiger partial charge in [0.05, 0.1) is 13.1 Å². The number of nitrogens with zero attached hydrogens (tertiary/aromatic N) is 1. The van der Waals surface area contributed by atoms with Crippen LogP contribution < -0.4 is 0 Å². The van der Waals surface area contributed by atoms with Crippen LogP contribution in [0.1, 0.15) is 5.56 Å². The predicted octanol–water partition coefficient (Wildman–Crippen LogP) is 1.11. The maximum atomic E-state index is 10.7. The fourth-order valence-corrected chi connectivity index (χ4v) is 1.54. The molecule has 0 amide bonds. The zero-order valence-corrected chi connectivity index (χ0v) is 7.57. The molecule has 0 N–H and O–H groups in total. The molecule has 1 fully saturated rings. The van der Waals surface area contributed by atoms with Gasteiger partial charge in [0.25, 0.3) is 0 Å². The molecule has 0 atom stereocenters. The van der Waals surface area contributed by atoms with E-state index in [1.165, 1.54) is 5.56 Å². The van der Waals surface area contributed by atoms with Crippen molar-refractivity contribution in [1.29, 1.82) is 0 Å². The van der Waals surface area contributed by atoms with Crippen LogP contribution in [0.2, 0.25) is 0 Å². The molecule has 0 aromatic heterocycles. The average molecular weight is 175 g/mol. The van der Waals surface area contributed by atoms with Crippen LogP contribution >= 0.6 is 0 Å². The van der Waals surface area contributed by atoms with Crippen molar-refractivity contribution in [3.8, 4) is 0 Å². The Morgan fingerprint density at radius 2 is 1.85 bits per heavy atom. The Balaban J connectivity index is 1.77. The number of Topliss-reactive ketones (excluding diaryl/α,β-unsaturated/α-hetero) is 1. The quantitative estimate of drug-likeness (QED) is 0.686. The molecule has 13 heavy (non-hydrogen) atoms. The Morgan fingerprint density at radius 3 is 2.46 bits per heavy atom. The maximum Gasteiger partial charge on any atom is 0.160 e. The molecule has 0 bridgehead atoms. The lowest BCUT2D eigenvalue weighted by Gasteiger charge is -2.28. The van der Waals surface area contributed by atoms with Crippen molar-refractivity contribution >= 4 is 5.78 Å². The summed E-state index contributed by atoms with van der Waals surface area (Å²) in [4.78, 5) is 12.9. The van der Waals surface area contributed by atoms with E-state index in [2.05, 4.69) is 29.2 Å². The molecule has 0 saturated carbocycles. The van der Waals surface area contributed by atoms with Gasteiger partial charge in [0.15, 0.2) is 5.78 Å². The molecule has 1 aromatic carbocycles. The highest BCUT2D eigenvalue weighted by Gasteiger charge is 2.22. The number of ketones is 1. The summed E-state index contributed by atoms with van der Waals surface area (Å²) in [6, 6.07) is 10.4. The third-order valence-corrected chi connectivity index (χ3v) is 2.36. The molecule has 2 rings (SSSR count). The van der Waals surface area contributed by atoms with Gasteiger partial charge in [0.2, 0.25) is 0 Å². The molecule has 0 unspecified atom stereocenters. The molecular formula is C11H13NO. The molecule has 0 spiro atoms. The van der Waals surface area contributed by atoms with Crippen LogP contribution in [0.5, 0.6) is 0 Å². The number of benzene rings is 1. The molecule has 0 aliphatic carbocycles. The van der Waals surface area contributed by atoms with Gasteiger partial charge in [-0.3, -0.25) is 9.69 Å². The molecule has 1 saturated heterocycles. The lowest BCUT2D eigenvalue weighted by Crippen LogP contribution is -2.47. The summed E-state index contributed by atoms with van der Waals surface area (Å²) in [6.07, 6.45) is 1.05. The van der Waals surface area contributed by atoms with Gasteiger partial charge in [-0.25, -0.2) is 0 Å². The van der Waals surface area contributed by atoms with Gasteiger partial charge in [-0.05, 0) is 12.0 Å². The highest BCUT2D eigenvalue weighted by atomic mass is 16.1. The number of likely N-dealkylation sites (tertiary alicyclic amines) is 1. The van der Waals surface area contributed by atoms with Crippen molar-refractivity contribution in [1.82, 2.24) is 4.90 Å².